The first-order valence-corrected chi connectivity index (χ1v) is 4.45. The van der Waals surface area contributed by atoms with E-state index in [-0.39, 0.29) is 0 Å². The molecule has 2 nitrogen and oxygen atoms in total. The Morgan fingerprint density at radius 1 is 1.45 bits per heavy atom. The van der Waals surface area contributed by atoms with Gasteiger partial charge >= 0.3 is 0 Å². The van der Waals surface area contributed by atoms with Crippen molar-refractivity contribution >= 4 is 12.2 Å². The number of aromatic amines is 1. The molecule has 1 aliphatic carbocycles. The predicted molar refractivity (Wildman–Crippen MR) is 45.1 cm³/mol. The number of aromatic nitrogens is 1. The van der Waals surface area contributed by atoms with Crippen LogP contribution in [0.4, 0.5) is 0 Å². The summed E-state index contributed by atoms with van der Waals surface area (Å²) in [6.45, 7) is 0. The van der Waals surface area contributed by atoms with E-state index in [1.807, 2.05) is 0 Å². The van der Waals surface area contributed by atoms with Gasteiger partial charge in [0.2, 0.25) is 0 Å². The molecule has 0 amide bonds. The Balaban J connectivity index is 2.21. The summed E-state index contributed by atoms with van der Waals surface area (Å²) in [5.41, 5.74) is 1.19. The monoisotopic (exact) mass is 169 g/mol. The molecule has 0 radical (unpaired) electrons. The Morgan fingerprint density at radius 2 is 2.18 bits per heavy atom. The minimum atomic E-state index is 0.506. The summed E-state index contributed by atoms with van der Waals surface area (Å²) >= 11 is 4.85. The van der Waals surface area contributed by atoms with Crippen molar-refractivity contribution < 1.29 is 4.42 Å². The molecule has 3 heteroatoms. The van der Waals surface area contributed by atoms with Gasteiger partial charge in [0.1, 0.15) is 6.26 Å². The van der Waals surface area contributed by atoms with Crippen molar-refractivity contribution in [2.24, 2.45) is 0 Å². The molecule has 1 fully saturated rings. The van der Waals surface area contributed by atoms with Crippen LogP contribution >= 0.6 is 12.2 Å². The maximum absolute atomic E-state index is 5.04. The van der Waals surface area contributed by atoms with Crippen LogP contribution in [-0.4, -0.2) is 4.98 Å². The van der Waals surface area contributed by atoms with Gasteiger partial charge in [0, 0.05) is 5.92 Å². The predicted octanol–water partition coefficient (Wildman–Crippen LogP) is 2.99. The minimum absolute atomic E-state index is 0.506. The molecule has 60 valence electrons. The van der Waals surface area contributed by atoms with Crippen molar-refractivity contribution in [1.82, 2.24) is 4.98 Å². The first-order valence-electron chi connectivity index (χ1n) is 4.04. The first-order chi connectivity index (χ1) is 5.36. The average Bonchev–Trinajstić information content (AvgIpc) is 2.55. The second-order valence-corrected chi connectivity index (χ2v) is 3.46. The molecule has 1 heterocycles. The van der Waals surface area contributed by atoms with Crippen molar-refractivity contribution in [1.29, 1.82) is 0 Å². The Morgan fingerprint density at radius 3 is 2.73 bits per heavy atom. The molecule has 1 N–H and O–H groups in total. The summed E-state index contributed by atoms with van der Waals surface area (Å²) in [5, 5.41) is 0. The molecule has 1 aliphatic rings. The van der Waals surface area contributed by atoms with Crippen molar-refractivity contribution in [2.45, 2.75) is 31.6 Å². The highest BCUT2D eigenvalue weighted by atomic mass is 32.1. The Bertz CT molecular complexity index is 282. The molecule has 2 rings (SSSR count). The van der Waals surface area contributed by atoms with E-state index < -0.39 is 0 Å². The Labute approximate surface area is 70.6 Å². The van der Waals surface area contributed by atoms with E-state index in [9.17, 15) is 0 Å². The van der Waals surface area contributed by atoms with E-state index in [1.165, 1.54) is 31.4 Å². The van der Waals surface area contributed by atoms with Gasteiger partial charge in [0.25, 0.3) is 4.84 Å². The van der Waals surface area contributed by atoms with Gasteiger partial charge in [0.05, 0.1) is 5.69 Å². The van der Waals surface area contributed by atoms with E-state index >= 15 is 0 Å². The van der Waals surface area contributed by atoms with Gasteiger partial charge in [-0.15, -0.1) is 0 Å². The summed E-state index contributed by atoms with van der Waals surface area (Å²) in [6, 6.07) is 0. The highest BCUT2D eigenvalue weighted by molar-refractivity contribution is 7.71. The maximum Gasteiger partial charge on any atom is 0.266 e. The molecule has 1 saturated carbocycles. The van der Waals surface area contributed by atoms with Crippen LogP contribution in [0, 0.1) is 4.84 Å². The number of oxazole rings is 1. The number of H-pyrrole nitrogens is 1. The topological polar surface area (TPSA) is 28.9 Å². The molecule has 0 aromatic carbocycles. The largest absolute Gasteiger partial charge is 0.438 e. The van der Waals surface area contributed by atoms with E-state index in [0.29, 0.717) is 10.8 Å². The van der Waals surface area contributed by atoms with Crippen LogP contribution < -0.4 is 0 Å². The summed E-state index contributed by atoms with van der Waals surface area (Å²) in [5.74, 6) is 0.676. The third-order valence-corrected chi connectivity index (χ3v) is 2.53. The van der Waals surface area contributed by atoms with Crippen LogP contribution in [0.25, 0.3) is 0 Å². The van der Waals surface area contributed by atoms with Crippen LogP contribution in [0.15, 0.2) is 10.7 Å². The van der Waals surface area contributed by atoms with Crippen molar-refractivity contribution in [3.63, 3.8) is 0 Å². The van der Waals surface area contributed by atoms with Crippen LogP contribution in [0.3, 0.4) is 0 Å². The molecule has 0 aliphatic heterocycles. The fourth-order valence-corrected chi connectivity index (χ4v) is 1.89. The Kier molecular flexibility index (Phi) is 1.82. The lowest BCUT2D eigenvalue weighted by atomic mass is 10.1. The quantitative estimate of drug-likeness (QED) is 0.655. The van der Waals surface area contributed by atoms with Crippen LogP contribution in [0.2, 0.25) is 0 Å². The van der Waals surface area contributed by atoms with Crippen molar-refractivity contribution in [3.8, 4) is 0 Å². The average molecular weight is 169 g/mol. The number of hydrogen-bond donors (Lipinski definition) is 1. The highest BCUT2D eigenvalue weighted by Gasteiger charge is 2.18. The number of nitrogens with one attached hydrogen (secondary N) is 1. The van der Waals surface area contributed by atoms with Gasteiger partial charge in [-0.05, 0) is 25.1 Å². The zero-order valence-corrected chi connectivity index (χ0v) is 7.12. The molecule has 0 atom stereocenters. The van der Waals surface area contributed by atoms with Gasteiger partial charge in [-0.25, -0.2) is 0 Å². The minimum Gasteiger partial charge on any atom is -0.438 e. The van der Waals surface area contributed by atoms with Crippen LogP contribution in [0.5, 0.6) is 0 Å². The summed E-state index contributed by atoms with van der Waals surface area (Å²) < 4.78 is 5.04. The van der Waals surface area contributed by atoms with Crippen LogP contribution in [0.1, 0.15) is 37.3 Å². The second-order valence-electron chi connectivity index (χ2n) is 3.08. The van der Waals surface area contributed by atoms with E-state index in [4.69, 9.17) is 16.6 Å². The van der Waals surface area contributed by atoms with Gasteiger partial charge in [-0.3, -0.25) is 0 Å². The molecule has 0 bridgehead atoms. The Hall–Kier alpha value is -0.570. The summed E-state index contributed by atoms with van der Waals surface area (Å²) in [4.78, 5) is 3.57. The van der Waals surface area contributed by atoms with E-state index in [2.05, 4.69) is 4.98 Å². The third kappa shape index (κ3) is 1.38. The lowest BCUT2D eigenvalue weighted by molar-refractivity contribution is 0.537. The van der Waals surface area contributed by atoms with Gasteiger partial charge < -0.3 is 9.40 Å². The number of hydrogen-bond acceptors (Lipinski definition) is 2. The summed E-state index contributed by atoms with van der Waals surface area (Å²) in [7, 11) is 0. The van der Waals surface area contributed by atoms with Gasteiger partial charge in [-0.2, -0.15) is 0 Å². The van der Waals surface area contributed by atoms with E-state index in [0.717, 1.165) is 0 Å². The molecule has 0 spiro atoms. The highest BCUT2D eigenvalue weighted by Crippen LogP contribution is 2.32. The lowest BCUT2D eigenvalue weighted by Gasteiger charge is -2.02. The standard InChI is InChI=1S/C8H11NOS/c11-8-9-7(5-10-8)6-3-1-2-4-6/h5-6H,1-4H2,(H,9,11). The lowest BCUT2D eigenvalue weighted by Crippen LogP contribution is -1.90. The molecule has 0 unspecified atom stereocenters. The van der Waals surface area contributed by atoms with E-state index in [1.54, 1.807) is 6.26 Å². The van der Waals surface area contributed by atoms with Crippen molar-refractivity contribution in [2.75, 3.05) is 0 Å². The third-order valence-electron chi connectivity index (χ3n) is 2.33. The zero-order valence-electron chi connectivity index (χ0n) is 6.30. The fourth-order valence-electron chi connectivity index (χ4n) is 1.73. The molecule has 1 aromatic rings. The van der Waals surface area contributed by atoms with Crippen LogP contribution in [-0.2, 0) is 0 Å². The zero-order chi connectivity index (χ0) is 7.68. The molecule has 1 aromatic heterocycles. The molecular formula is C8H11NOS. The maximum atomic E-state index is 5.04. The molecule has 11 heavy (non-hydrogen) atoms. The molecule has 0 saturated heterocycles. The van der Waals surface area contributed by atoms with Gasteiger partial charge in [-0.1, -0.05) is 12.8 Å². The fraction of sp³-hybridized carbons (Fsp3) is 0.625. The first kappa shape index (κ1) is 7.10. The second kappa shape index (κ2) is 2.81. The van der Waals surface area contributed by atoms with Crippen molar-refractivity contribution in [3.05, 3.63) is 16.8 Å². The summed E-state index contributed by atoms with van der Waals surface area (Å²) in [6.07, 6.45) is 7.01. The normalized spacial score (nSPS) is 19.3. The number of rotatable bonds is 1. The van der Waals surface area contributed by atoms with Gasteiger partial charge in [0.15, 0.2) is 0 Å². The molecular weight excluding hydrogens is 158 g/mol. The smallest absolute Gasteiger partial charge is 0.266 e. The SMILES string of the molecule is S=c1[nH]c(C2CCCC2)co1.